The van der Waals surface area contributed by atoms with Crippen LogP contribution in [0.25, 0.3) is 0 Å². The standard InChI is InChI=1S/C10H11F3N4O/c11-10(12,13)9-7(3-4-14)15-16-17(9)5-8(18)6-1-2-6/h6,8,18H,1-3,5H2. The maximum absolute atomic E-state index is 12.8. The second kappa shape index (κ2) is 4.57. The monoisotopic (exact) mass is 260 g/mol. The van der Waals surface area contributed by atoms with Crippen molar-refractivity contribution < 1.29 is 18.3 Å². The van der Waals surface area contributed by atoms with Gasteiger partial charge in [0.15, 0.2) is 5.69 Å². The Morgan fingerprint density at radius 1 is 1.50 bits per heavy atom. The number of aromatic nitrogens is 3. The first-order valence-corrected chi connectivity index (χ1v) is 5.48. The molecule has 0 bridgehead atoms. The van der Waals surface area contributed by atoms with Crippen LogP contribution in [0.4, 0.5) is 13.2 Å². The van der Waals surface area contributed by atoms with E-state index in [9.17, 15) is 18.3 Å². The summed E-state index contributed by atoms with van der Waals surface area (Å²) in [5.41, 5.74) is -1.43. The molecule has 1 aliphatic rings. The van der Waals surface area contributed by atoms with Crippen molar-refractivity contribution in [3.8, 4) is 6.07 Å². The zero-order chi connectivity index (χ0) is 13.3. The number of rotatable bonds is 4. The van der Waals surface area contributed by atoms with Crippen LogP contribution in [0.3, 0.4) is 0 Å². The Morgan fingerprint density at radius 3 is 2.67 bits per heavy atom. The molecule has 1 heterocycles. The molecule has 0 saturated heterocycles. The predicted molar refractivity (Wildman–Crippen MR) is 53.1 cm³/mol. The van der Waals surface area contributed by atoms with Gasteiger partial charge in [-0.1, -0.05) is 5.21 Å². The maximum Gasteiger partial charge on any atom is 0.434 e. The number of alkyl halides is 3. The largest absolute Gasteiger partial charge is 0.434 e. The van der Waals surface area contributed by atoms with Gasteiger partial charge in [-0.2, -0.15) is 18.4 Å². The van der Waals surface area contributed by atoms with Crippen LogP contribution in [-0.2, 0) is 19.1 Å². The summed E-state index contributed by atoms with van der Waals surface area (Å²) in [5.74, 6) is 0.0506. The van der Waals surface area contributed by atoms with Crippen LogP contribution in [0.15, 0.2) is 0 Å². The van der Waals surface area contributed by atoms with E-state index in [-0.39, 0.29) is 12.5 Å². The van der Waals surface area contributed by atoms with Gasteiger partial charge in [-0.15, -0.1) is 5.10 Å². The molecule has 1 unspecified atom stereocenters. The van der Waals surface area contributed by atoms with E-state index in [0.717, 1.165) is 12.8 Å². The molecule has 1 saturated carbocycles. The van der Waals surface area contributed by atoms with Crippen molar-refractivity contribution >= 4 is 0 Å². The summed E-state index contributed by atoms with van der Waals surface area (Å²) in [5, 5.41) is 24.9. The zero-order valence-electron chi connectivity index (χ0n) is 9.35. The summed E-state index contributed by atoms with van der Waals surface area (Å²) < 4.78 is 39.2. The zero-order valence-corrected chi connectivity index (χ0v) is 9.35. The first-order chi connectivity index (χ1) is 8.43. The van der Waals surface area contributed by atoms with Gasteiger partial charge < -0.3 is 5.11 Å². The molecule has 1 aromatic heterocycles. The summed E-state index contributed by atoms with van der Waals surface area (Å²) in [7, 11) is 0. The molecule has 2 rings (SSSR count). The van der Waals surface area contributed by atoms with Crippen molar-refractivity contribution in [1.29, 1.82) is 5.26 Å². The highest BCUT2D eigenvalue weighted by atomic mass is 19.4. The molecule has 1 atom stereocenters. The quantitative estimate of drug-likeness (QED) is 0.880. The average Bonchev–Trinajstić information content (AvgIpc) is 3.02. The van der Waals surface area contributed by atoms with Gasteiger partial charge in [0.05, 0.1) is 25.1 Å². The van der Waals surface area contributed by atoms with Crippen molar-refractivity contribution in [1.82, 2.24) is 15.0 Å². The third kappa shape index (κ3) is 2.61. The van der Waals surface area contributed by atoms with Crippen LogP contribution >= 0.6 is 0 Å². The van der Waals surface area contributed by atoms with Gasteiger partial charge in [-0.05, 0) is 18.8 Å². The van der Waals surface area contributed by atoms with E-state index in [0.29, 0.717) is 4.68 Å². The third-order valence-electron chi connectivity index (χ3n) is 2.85. The summed E-state index contributed by atoms with van der Waals surface area (Å²) in [4.78, 5) is 0. The van der Waals surface area contributed by atoms with Gasteiger partial charge in [0.2, 0.25) is 0 Å². The van der Waals surface area contributed by atoms with Crippen molar-refractivity contribution in [2.24, 2.45) is 5.92 Å². The van der Waals surface area contributed by atoms with E-state index in [1.807, 2.05) is 0 Å². The maximum atomic E-state index is 12.8. The molecule has 18 heavy (non-hydrogen) atoms. The number of nitrogens with zero attached hydrogens (tertiary/aromatic N) is 4. The van der Waals surface area contributed by atoms with Crippen molar-refractivity contribution in [2.75, 3.05) is 0 Å². The van der Waals surface area contributed by atoms with Crippen LogP contribution < -0.4 is 0 Å². The number of aliphatic hydroxyl groups excluding tert-OH is 1. The molecular weight excluding hydrogens is 249 g/mol. The molecule has 0 spiro atoms. The fourth-order valence-electron chi connectivity index (χ4n) is 1.79. The van der Waals surface area contributed by atoms with Gasteiger partial charge >= 0.3 is 6.18 Å². The molecule has 1 N–H and O–H groups in total. The lowest BCUT2D eigenvalue weighted by Crippen LogP contribution is -2.24. The fraction of sp³-hybridized carbons (Fsp3) is 0.700. The highest BCUT2D eigenvalue weighted by molar-refractivity contribution is 5.17. The molecule has 0 aromatic carbocycles. The van der Waals surface area contributed by atoms with Crippen LogP contribution in [-0.4, -0.2) is 26.2 Å². The van der Waals surface area contributed by atoms with Gasteiger partial charge in [0, 0.05) is 0 Å². The first-order valence-electron chi connectivity index (χ1n) is 5.48. The van der Waals surface area contributed by atoms with Gasteiger partial charge in [0.1, 0.15) is 5.69 Å². The molecule has 0 aliphatic heterocycles. The number of hydrogen-bond acceptors (Lipinski definition) is 4. The van der Waals surface area contributed by atoms with Crippen LogP contribution in [0, 0.1) is 17.2 Å². The second-order valence-electron chi connectivity index (χ2n) is 4.30. The predicted octanol–water partition coefficient (Wildman–Crippen LogP) is 1.13. The van der Waals surface area contributed by atoms with Gasteiger partial charge in [-0.25, -0.2) is 4.68 Å². The summed E-state index contributed by atoms with van der Waals surface area (Å²) in [6, 6.07) is 1.62. The Kier molecular flexibility index (Phi) is 3.26. The molecule has 5 nitrogen and oxygen atoms in total. The molecule has 8 heteroatoms. The summed E-state index contributed by atoms with van der Waals surface area (Å²) >= 11 is 0. The Balaban J connectivity index is 2.26. The molecule has 0 radical (unpaired) electrons. The minimum absolute atomic E-state index is 0.0506. The Bertz CT molecular complexity index is 472. The van der Waals surface area contributed by atoms with E-state index in [1.54, 1.807) is 6.07 Å². The van der Waals surface area contributed by atoms with E-state index < -0.39 is 30.1 Å². The Morgan fingerprint density at radius 2 is 2.17 bits per heavy atom. The summed E-state index contributed by atoms with van der Waals surface area (Å²) in [6.45, 7) is -0.238. The van der Waals surface area contributed by atoms with Crippen LogP contribution in [0.2, 0.25) is 0 Å². The smallest absolute Gasteiger partial charge is 0.391 e. The molecule has 0 amide bonds. The fourth-order valence-corrected chi connectivity index (χ4v) is 1.79. The number of aliphatic hydroxyl groups is 1. The average molecular weight is 260 g/mol. The molecule has 1 aromatic rings. The lowest BCUT2D eigenvalue weighted by molar-refractivity contribution is -0.145. The van der Waals surface area contributed by atoms with Crippen molar-refractivity contribution in [2.45, 2.75) is 38.1 Å². The Hall–Kier alpha value is -1.62. The Labute approximate surface area is 101 Å². The van der Waals surface area contributed by atoms with E-state index in [1.165, 1.54) is 0 Å². The number of nitriles is 1. The van der Waals surface area contributed by atoms with Crippen molar-refractivity contribution in [3.05, 3.63) is 11.4 Å². The number of halogens is 3. The van der Waals surface area contributed by atoms with E-state index in [4.69, 9.17) is 5.26 Å². The second-order valence-corrected chi connectivity index (χ2v) is 4.30. The molecule has 1 aliphatic carbocycles. The molecule has 98 valence electrons. The highest BCUT2D eigenvalue weighted by Crippen LogP contribution is 2.35. The normalized spacial score (nSPS) is 17.5. The topological polar surface area (TPSA) is 74.7 Å². The molecular formula is C10H11F3N4O. The first kappa shape index (κ1) is 12.8. The SMILES string of the molecule is N#CCc1nnn(CC(O)C2CC2)c1C(F)(F)F. The van der Waals surface area contributed by atoms with Crippen molar-refractivity contribution in [3.63, 3.8) is 0 Å². The lowest BCUT2D eigenvalue weighted by Gasteiger charge is -2.13. The van der Waals surface area contributed by atoms with Gasteiger partial charge in [-0.3, -0.25) is 0 Å². The van der Waals surface area contributed by atoms with Crippen LogP contribution in [0.5, 0.6) is 0 Å². The third-order valence-corrected chi connectivity index (χ3v) is 2.85. The number of hydrogen-bond donors (Lipinski definition) is 1. The van der Waals surface area contributed by atoms with E-state index in [2.05, 4.69) is 10.3 Å². The minimum Gasteiger partial charge on any atom is -0.391 e. The minimum atomic E-state index is -4.63. The van der Waals surface area contributed by atoms with Crippen LogP contribution in [0.1, 0.15) is 24.2 Å². The van der Waals surface area contributed by atoms with E-state index >= 15 is 0 Å². The molecule has 1 fully saturated rings. The summed E-state index contributed by atoms with van der Waals surface area (Å²) in [6.07, 6.45) is -4.28. The van der Waals surface area contributed by atoms with Gasteiger partial charge in [0.25, 0.3) is 0 Å². The lowest BCUT2D eigenvalue weighted by atomic mass is 10.2. The highest BCUT2D eigenvalue weighted by Gasteiger charge is 2.40.